The Hall–Kier alpha value is -1.02. The van der Waals surface area contributed by atoms with E-state index in [2.05, 4.69) is 50.5 Å². The third-order valence-electron chi connectivity index (χ3n) is 5.07. The Labute approximate surface area is 130 Å². The summed E-state index contributed by atoms with van der Waals surface area (Å²) in [5.41, 5.74) is 1.26. The molecule has 3 atom stereocenters. The molecule has 1 aromatic rings. The molecule has 3 unspecified atom stereocenters. The van der Waals surface area contributed by atoms with Crippen LogP contribution in [0.2, 0.25) is 0 Å². The highest BCUT2D eigenvalue weighted by Gasteiger charge is 2.29. The van der Waals surface area contributed by atoms with E-state index in [1.165, 1.54) is 37.7 Å². The summed E-state index contributed by atoms with van der Waals surface area (Å²) in [6.07, 6.45) is 8.04. The second-order valence-electron chi connectivity index (χ2n) is 6.47. The van der Waals surface area contributed by atoms with E-state index in [1.54, 1.807) is 0 Å². The molecule has 0 aliphatic heterocycles. The molecule has 2 nitrogen and oxygen atoms in total. The van der Waals surface area contributed by atoms with Crippen LogP contribution in [0.3, 0.4) is 0 Å². The maximum absolute atomic E-state index is 5.94. The van der Waals surface area contributed by atoms with Crippen LogP contribution in [0.5, 0.6) is 5.75 Å². The van der Waals surface area contributed by atoms with Crippen LogP contribution in [0.15, 0.2) is 24.3 Å². The van der Waals surface area contributed by atoms with Gasteiger partial charge < -0.3 is 10.1 Å². The Morgan fingerprint density at radius 1 is 1.29 bits per heavy atom. The lowest BCUT2D eigenvalue weighted by atomic mass is 9.73. The normalized spacial score (nSPS) is 23.8. The fourth-order valence-corrected chi connectivity index (χ4v) is 3.85. The van der Waals surface area contributed by atoms with Gasteiger partial charge >= 0.3 is 0 Å². The zero-order valence-electron chi connectivity index (χ0n) is 13.9. The molecular weight excluding hydrogens is 258 g/mol. The van der Waals surface area contributed by atoms with Crippen LogP contribution in [0.4, 0.5) is 0 Å². The van der Waals surface area contributed by atoms with E-state index >= 15 is 0 Å². The second-order valence-corrected chi connectivity index (χ2v) is 6.47. The van der Waals surface area contributed by atoms with Crippen molar-refractivity contribution >= 4 is 0 Å². The SMILES string of the molecule is CCC1CCCCC1C(CCOc1cccc(C)c1)NC. The Balaban J connectivity index is 1.84. The van der Waals surface area contributed by atoms with Crippen molar-refractivity contribution < 1.29 is 4.74 Å². The molecule has 0 amide bonds. The van der Waals surface area contributed by atoms with Gasteiger partial charge in [0, 0.05) is 6.04 Å². The lowest BCUT2D eigenvalue weighted by molar-refractivity contribution is 0.158. The second kappa shape index (κ2) is 8.43. The van der Waals surface area contributed by atoms with Gasteiger partial charge in [0.05, 0.1) is 6.61 Å². The molecule has 118 valence electrons. The smallest absolute Gasteiger partial charge is 0.119 e. The van der Waals surface area contributed by atoms with Gasteiger partial charge in [0.15, 0.2) is 0 Å². The third-order valence-corrected chi connectivity index (χ3v) is 5.07. The molecule has 0 aromatic heterocycles. The molecule has 1 aliphatic rings. The van der Waals surface area contributed by atoms with E-state index in [-0.39, 0.29) is 0 Å². The van der Waals surface area contributed by atoms with E-state index in [0.717, 1.165) is 30.6 Å². The highest BCUT2D eigenvalue weighted by Crippen LogP contribution is 2.35. The fourth-order valence-electron chi connectivity index (χ4n) is 3.85. The van der Waals surface area contributed by atoms with E-state index in [9.17, 15) is 0 Å². The van der Waals surface area contributed by atoms with E-state index in [1.807, 2.05) is 0 Å². The van der Waals surface area contributed by atoms with Gasteiger partial charge in [-0.15, -0.1) is 0 Å². The average Bonchev–Trinajstić information content (AvgIpc) is 2.52. The molecule has 21 heavy (non-hydrogen) atoms. The minimum Gasteiger partial charge on any atom is -0.494 e. The molecule has 1 N–H and O–H groups in total. The van der Waals surface area contributed by atoms with Gasteiger partial charge in [-0.3, -0.25) is 0 Å². The first-order valence-electron chi connectivity index (χ1n) is 8.61. The quantitative estimate of drug-likeness (QED) is 0.794. The highest BCUT2D eigenvalue weighted by atomic mass is 16.5. The van der Waals surface area contributed by atoms with Crippen LogP contribution in [0.1, 0.15) is 51.0 Å². The Kier molecular flexibility index (Phi) is 6.56. The highest BCUT2D eigenvalue weighted by molar-refractivity contribution is 5.27. The van der Waals surface area contributed by atoms with Crippen LogP contribution in [0, 0.1) is 18.8 Å². The predicted molar refractivity (Wildman–Crippen MR) is 89.9 cm³/mol. The van der Waals surface area contributed by atoms with E-state index < -0.39 is 0 Å². The van der Waals surface area contributed by atoms with Gasteiger partial charge in [0.25, 0.3) is 0 Å². The Morgan fingerprint density at radius 3 is 2.81 bits per heavy atom. The molecule has 0 bridgehead atoms. The molecule has 0 saturated heterocycles. The van der Waals surface area contributed by atoms with Crippen LogP contribution in [-0.2, 0) is 0 Å². The maximum atomic E-state index is 5.94. The average molecular weight is 289 g/mol. The molecular formula is C19H31NO. The van der Waals surface area contributed by atoms with E-state index in [4.69, 9.17) is 4.74 Å². The van der Waals surface area contributed by atoms with Gasteiger partial charge in [-0.05, 0) is 56.3 Å². The monoisotopic (exact) mass is 289 g/mol. The van der Waals surface area contributed by atoms with Crippen molar-refractivity contribution in [2.24, 2.45) is 11.8 Å². The summed E-state index contributed by atoms with van der Waals surface area (Å²) in [7, 11) is 2.11. The first-order valence-corrected chi connectivity index (χ1v) is 8.61. The number of aryl methyl sites for hydroxylation is 1. The predicted octanol–water partition coefficient (Wildman–Crippen LogP) is 4.57. The first kappa shape index (κ1) is 16.4. The minimum absolute atomic E-state index is 0.597. The van der Waals surface area contributed by atoms with Crippen LogP contribution in [-0.4, -0.2) is 19.7 Å². The summed E-state index contributed by atoms with van der Waals surface area (Å²) in [4.78, 5) is 0. The number of hydrogen-bond acceptors (Lipinski definition) is 2. The summed E-state index contributed by atoms with van der Waals surface area (Å²) >= 11 is 0. The lowest BCUT2D eigenvalue weighted by Gasteiger charge is -2.36. The molecule has 1 saturated carbocycles. The Bertz CT molecular complexity index is 418. The van der Waals surface area contributed by atoms with E-state index in [0.29, 0.717) is 6.04 Å². The van der Waals surface area contributed by atoms with Crippen molar-refractivity contribution in [3.05, 3.63) is 29.8 Å². The summed E-state index contributed by atoms with van der Waals surface area (Å²) in [5.74, 6) is 2.73. The van der Waals surface area contributed by atoms with Gasteiger partial charge in [0.2, 0.25) is 0 Å². The van der Waals surface area contributed by atoms with Crippen molar-refractivity contribution in [1.29, 1.82) is 0 Å². The molecule has 1 aliphatic carbocycles. The number of nitrogens with one attached hydrogen (secondary N) is 1. The number of hydrogen-bond donors (Lipinski definition) is 1. The number of rotatable bonds is 7. The van der Waals surface area contributed by atoms with Gasteiger partial charge in [0.1, 0.15) is 5.75 Å². The summed E-state index contributed by atoms with van der Waals surface area (Å²) < 4.78 is 5.94. The third kappa shape index (κ3) is 4.74. The largest absolute Gasteiger partial charge is 0.494 e. The van der Waals surface area contributed by atoms with Gasteiger partial charge in [-0.2, -0.15) is 0 Å². The van der Waals surface area contributed by atoms with Crippen molar-refractivity contribution in [2.75, 3.05) is 13.7 Å². The van der Waals surface area contributed by atoms with Gasteiger partial charge in [-0.1, -0.05) is 44.7 Å². The molecule has 2 rings (SSSR count). The molecule has 2 heteroatoms. The summed E-state index contributed by atoms with van der Waals surface area (Å²) in [6.45, 7) is 5.26. The van der Waals surface area contributed by atoms with Crippen molar-refractivity contribution in [2.45, 2.75) is 58.4 Å². The zero-order chi connectivity index (χ0) is 15.1. The minimum atomic E-state index is 0.597. The Morgan fingerprint density at radius 2 is 2.10 bits per heavy atom. The van der Waals surface area contributed by atoms with Crippen molar-refractivity contribution in [1.82, 2.24) is 5.32 Å². The zero-order valence-corrected chi connectivity index (χ0v) is 13.9. The number of benzene rings is 1. The summed E-state index contributed by atoms with van der Waals surface area (Å²) in [6, 6.07) is 8.94. The molecule has 1 fully saturated rings. The first-order chi connectivity index (χ1) is 10.2. The standard InChI is InChI=1S/C19H31NO/c1-4-16-9-5-6-11-18(16)19(20-3)12-13-21-17-10-7-8-15(2)14-17/h7-8,10,14,16,18-20H,4-6,9,11-13H2,1-3H3. The molecule has 1 aromatic carbocycles. The van der Waals surface area contributed by atoms with Crippen LogP contribution in [0.25, 0.3) is 0 Å². The lowest BCUT2D eigenvalue weighted by Crippen LogP contribution is -2.40. The fraction of sp³-hybridized carbons (Fsp3) is 0.684. The number of ether oxygens (including phenoxy) is 1. The van der Waals surface area contributed by atoms with Crippen molar-refractivity contribution in [3.63, 3.8) is 0 Å². The van der Waals surface area contributed by atoms with Gasteiger partial charge in [-0.25, -0.2) is 0 Å². The molecule has 0 heterocycles. The molecule has 0 radical (unpaired) electrons. The van der Waals surface area contributed by atoms with Crippen molar-refractivity contribution in [3.8, 4) is 5.75 Å². The topological polar surface area (TPSA) is 21.3 Å². The molecule has 0 spiro atoms. The summed E-state index contributed by atoms with van der Waals surface area (Å²) in [5, 5.41) is 3.55. The van der Waals surface area contributed by atoms with Crippen LogP contribution < -0.4 is 10.1 Å². The maximum Gasteiger partial charge on any atom is 0.119 e. The van der Waals surface area contributed by atoms with Crippen LogP contribution >= 0.6 is 0 Å².